The Bertz CT molecular complexity index is 1180. The van der Waals surface area contributed by atoms with E-state index in [9.17, 15) is 0 Å². The zero-order valence-electron chi connectivity index (χ0n) is 13.5. The van der Waals surface area contributed by atoms with Crippen molar-refractivity contribution in [2.45, 2.75) is 0 Å². The second-order valence-corrected chi connectivity index (χ2v) is 6.08. The Morgan fingerprint density at radius 1 is 0.833 bits per heavy atom. The number of benzene rings is 1. The summed E-state index contributed by atoms with van der Waals surface area (Å²) in [6, 6.07) is 8.67. The standard InChI is InChI=1S/C18H16N6/c1-21-11-17(20-12-21)23-6-3-13-9-14-4-7-24(16(14)10-15(13)23)18-19-5-8-22(18)2/h3-12H,1-2H3. The number of hydrogen-bond donors (Lipinski definition) is 0. The van der Waals surface area contributed by atoms with Crippen molar-refractivity contribution in [3.8, 4) is 11.8 Å². The van der Waals surface area contributed by atoms with Gasteiger partial charge in [0.25, 0.3) is 0 Å². The lowest BCUT2D eigenvalue weighted by atomic mass is 10.2. The van der Waals surface area contributed by atoms with Gasteiger partial charge in [-0.1, -0.05) is 0 Å². The molecule has 5 rings (SSSR count). The zero-order valence-corrected chi connectivity index (χ0v) is 13.5. The summed E-state index contributed by atoms with van der Waals surface area (Å²) in [5.74, 6) is 1.82. The molecule has 0 saturated carbocycles. The predicted molar refractivity (Wildman–Crippen MR) is 93.6 cm³/mol. The third-order valence-corrected chi connectivity index (χ3v) is 4.45. The van der Waals surface area contributed by atoms with Gasteiger partial charge in [0, 0.05) is 55.9 Å². The van der Waals surface area contributed by atoms with Crippen molar-refractivity contribution in [3.05, 3.63) is 61.6 Å². The molecule has 0 amide bonds. The average molecular weight is 316 g/mol. The molecule has 0 aliphatic carbocycles. The molecule has 0 aliphatic heterocycles. The van der Waals surface area contributed by atoms with E-state index in [0.29, 0.717) is 0 Å². The highest BCUT2D eigenvalue weighted by atomic mass is 15.2. The van der Waals surface area contributed by atoms with Crippen LogP contribution in [0.15, 0.2) is 61.6 Å². The molecule has 0 fully saturated rings. The highest BCUT2D eigenvalue weighted by molar-refractivity contribution is 5.97. The number of fused-ring (bicyclic) bond motifs is 2. The van der Waals surface area contributed by atoms with E-state index in [-0.39, 0.29) is 0 Å². The summed E-state index contributed by atoms with van der Waals surface area (Å²) >= 11 is 0. The summed E-state index contributed by atoms with van der Waals surface area (Å²) in [6.45, 7) is 0. The second-order valence-electron chi connectivity index (χ2n) is 6.08. The lowest BCUT2D eigenvalue weighted by Gasteiger charge is -2.06. The zero-order chi connectivity index (χ0) is 16.3. The van der Waals surface area contributed by atoms with Gasteiger partial charge in [0.2, 0.25) is 5.95 Å². The third kappa shape index (κ3) is 1.76. The number of imidazole rings is 2. The van der Waals surface area contributed by atoms with Gasteiger partial charge in [-0.15, -0.1) is 0 Å². The maximum atomic E-state index is 4.47. The van der Waals surface area contributed by atoms with Crippen molar-refractivity contribution in [2.24, 2.45) is 14.1 Å². The first kappa shape index (κ1) is 13.2. The molecule has 24 heavy (non-hydrogen) atoms. The van der Waals surface area contributed by atoms with Crippen molar-refractivity contribution in [2.75, 3.05) is 0 Å². The summed E-state index contributed by atoms with van der Waals surface area (Å²) in [4.78, 5) is 8.93. The fraction of sp³-hybridized carbons (Fsp3) is 0.111. The molecule has 0 radical (unpaired) electrons. The summed E-state index contributed by atoms with van der Waals surface area (Å²) in [5.41, 5.74) is 2.27. The third-order valence-electron chi connectivity index (χ3n) is 4.45. The summed E-state index contributed by atoms with van der Waals surface area (Å²) < 4.78 is 8.20. The monoisotopic (exact) mass is 316 g/mol. The number of nitrogens with zero attached hydrogens (tertiary/aromatic N) is 6. The van der Waals surface area contributed by atoms with Gasteiger partial charge in [-0.25, -0.2) is 9.97 Å². The Hall–Kier alpha value is -3.28. The molecule has 1 aromatic carbocycles. The predicted octanol–water partition coefficient (Wildman–Crippen LogP) is 3.04. The molecular formula is C18H16N6. The smallest absolute Gasteiger partial charge is 0.213 e. The second kappa shape index (κ2) is 4.61. The molecule has 0 N–H and O–H groups in total. The van der Waals surface area contributed by atoms with Gasteiger partial charge in [-0.3, -0.25) is 9.13 Å². The molecule has 0 unspecified atom stereocenters. The molecule has 0 aliphatic rings. The number of aromatic nitrogens is 6. The fourth-order valence-electron chi connectivity index (χ4n) is 3.25. The van der Waals surface area contributed by atoms with E-state index in [4.69, 9.17) is 0 Å². The SMILES string of the molecule is Cn1cnc(-n2ccc3cc4ccn(-c5nccn5C)c4cc32)c1. The van der Waals surface area contributed by atoms with Gasteiger partial charge in [0.05, 0.1) is 17.4 Å². The van der Waals surface area contributed by atoms with E-state index < -0.39 is 0 Å². The Kier molecular flexibility index (Phi) is 2.53. The minimum absolute atomic E-state index is 0.903. The fourth-order valence-corrected chi connectivity index (χ4v) is 3.25. The van der Waals surface area contributed by atoms with Crippen LogP contribution in [-0.4, -0.2) is 28.2 Å². The maximum Gasteiger partial charge on any atom is 0.213 e. The number of hydrogen-bond acceptors (Lipinski definition) is 2. The van der Waals surface area contributed by atoms with Crippen LogP contribution >= 0.6 is 0 Å². The van der Waals surface area contributed by atoms with Crippen LogP contribution in [0.4, 0.5) is 0 Å². The van der Waals surface area contributed by atoms with Crippen molar-refractivity contribution in [1.29, 1.82) is 0 Å². The van der Waals surface area contributed by atoms with E-state index in [1.54, 1.807) is 0 Å². The molecular weight excluding hydrogens is 300 g/mol. The van der Waals surface area contributed by atoms with Crippen molar-refractivity contribution < 1.29 is 0 Å². The number of rotatable bonds is 2. The first-order valence-electron chi connectivity index (χ1n) is 7.79. The molecule has 0 atom stereocenters. The van der Waals surface area contributed by atoms with Crippen LogP contribution in [0.3, 0.4) is 0 Å². The summed E-state index contributed by atoms with van der Waals surface area (Å²) in [5, 5.41) is 2.40. The molecule has 0 spiro atoms. The molecule has 0 bridgehead atoms. The molecule has 6 nitrogen and oxygen atoms in total. The van der Waals surface area contributed by atoms with Crippen molar-refractivity contribution in [3.63, 3.8) is 0 Å². The Balaban J connectivity index is 1.80. The molecule has 0 saturated heterocycles. The lowest BCUT2D eigenvalue weighted by Crippen LogP contribution is -2.01. The molecule has 6 heteroatoms. The normalized spacial score (nSPS) is 11.8. The van der Waals surface area contributed by atoms with E-state index in [1.165, 1.54) is 10.8 Å². The highest BCUT2D eigenvalue weighted by Gasteiger charge is 2.11. The molecule has 4 aromatic heterocycles. The highest BCUT2D eigenvalue weighted by Crippen LogP contribution is 2.27. The van der Waals surface area contributed by atoms with Crippen molar-refractivity contribution >= 4 is 21.8 Å². The quantitative estimate of drug-likeness (QED) is 0.502. The van der Waals surface area contributed by atoms with Crippen LogP contribution in [0.2, 0.25) is 0 Å². The van der Waals surface area contributed by atoms with Gasteiger partial charge in [-0.2, -0.15) is 0 Å². The largest absolute Gasteiger partial charge is 0.338 e. The molecule has 118 valence electrons. The van der Waals surface area contributed by atoms with Crippen LogP contribution in [0, 0.1) is 0 Å². The summed E-state index contributed by atoms with van der Waals surface area (Å²) in [7, 11) is 3.98. The first-order valence-corrected chi connectivity index (χ1v) is 7.79. The topological polar surface area (TPSA) is 45.5 Å². The minimum atomic E-state index is 0.903. The average Bonchev–Trinajstić information content (AvgIpc) is 3.31. The minimum Gasteiger partial charge on any atom is -0.338 e. The Labute approximate surface area is 138 Å². The summed E-state index contributed by atoms with van der Waals surface area (Å²) in [6.07, 6.45) is 11.7. The van der Waals surface area contributed by atoms with Crippen LogP contribution < -0.4 is 0 Å². The van der Waals surface area contributed by atoms with Gasteiger partial charge in [0.1, 0.15) is 0 Å². The Morgan fingerprint density at radius 3 is 2.25 bits per heavy atom. The molecule has 5 aromatic rings. The molecule has 4 heterocycles. The Morgan fingerprint density at radius 2 is 1.58 bits per heavy atom. The maximum absolute atomic E-state index is 4.47. The van der Waals surface area contributed by atoms with Crippen molar-refractivity contribution in [1.82, 2.24) is 28.2 Å². The van der Waals surface area contributed by atoms with Crippen LogP contribution in [0.1, 0.15) is 0 Å². The van der Waals surface area contributed by atoms with E-state index in [1.807, 2.05) is 48.1 Å². The van der Waals surface area contributed by atoms with Crippen LogP contribution in [0.25, 0.3) is 33.6 Å². The van der Waals surface area contributed by atoms with E-state index in [0.717, 1.165) is 22.8 Å². The van der Waals surface area contributed by atoms with Gasteiger partial charge >= 0.3 is 0 Å². The first-order chi connectivity index (χ1) is 11.7. The lowest BCUT2D eigenvalue weighted by molar-refractivity contribution is 0.835. The van der Waals surface area contributed by atoms with Crippen LogP contribution in [-0.2, 0) is 14.1 Å². The van der Waals surface area contributed by atoms with E-state index in [2.05, 4.69) is 55.8 Å². The van der Waals surface area contributed by atoms with Crippen LogP contribution in [0.5, 0.6) is 0 Å². The van der Waals surface area contributed by atoms with Gasteiger partial charge in [0.15, 0.2) is 5.82 Å². The van der Waals surface area contributed by atoms with E-state index >= 15 is 0 Å². The van der Waals surface area contributed by atoms with Gasteiger partial charge < -0.3 is 9.13 Å². The number of aryl methyl sites for hydroxylation is 2. The van der Waals surface area contributed by atoms with Gasteiger partial charge in [-0.05, 0) is 24.3 Å².